The second-order valence-electron chi connectivity index (χ2n) is 7.26. The summed E-state index contributed by atoms with van der Waals surface area (Å²) in [5.41, 5.74) is 2.06. The van der Waals surface area contributed by atoms with E-state index in [0.29, 0.717) is 54.3 Å². The Morgan fingerprint density at radius 3 is 2.10 bits per heavy atom. The number of rotatable bonds is 6. The van der Waals surface area contributed by atoms with Crippen molar-refractivity contribution in [1.29, 1.82) is 0 Å². The number of ether oxygens (including phenoxy) is 3. The average molecular weight is 412 g/mol. The normalized spacial score (nSPS) is 14.2. The van der Waals surface area contributed by atoms with E-state index in [0.717, 1.165) is 5.56 Å². The largest absolute Gasteiger partial charge is 0.496 e. The maximum atomic E-state index is 13.1. The number of carbonyl (C=O) groups is 2. The maximum absolute atomic E-state index is 13.1. The lowest BCUT2D eigenvalue weighted by atomic mass is 10.0. The number of methoxy groups -OCH3 is 3. The maximum Gasteiger partial charge on any atom is 0.257 e. The molecular weight excluding hydrogens is 384 g/mol. The molecule has 2 amide bonds. The number of nitrogens with one attached hydrogen (secondary N) is 1. The van der Waals surface area contributed by atoms with Crippen molar-refractivity contribution in [3.05, 3.63) is 53.1 Å². The molecule has 1 N–H and O–H groups in total. The predicted octanol–water partition coefficient (Wildman–Crippen LogP) is 3.06. The Labute approximate surface area is 176 Å². The van der Waals surface area contributed by atoms with Crippen LogP contribution in [0.4, 0.5) is 0 Å². The van der Waals surface area contributed by atoms with Crippen molar-refractivity contribution in [3.8, 4) is 17.2 Å². The Morgan fingerprint density at radius 2 is 1.50 bits per heavy atom. The van der Waals surface area contributed by atoms with Crippen molar-refractivity contribution >= 4 is 11.8 Å². The third-order valence-corrected chi connectivity index (χ3v) is 5.44. The van der Waals surface area contributed by atoms with Gasteiger partial charge in [-0.25, -0.2) is 0 Å². The van der Waals surface area contributed by atoms with Gasteiger partial charge in [-0.2, -0.15) is 0 Å². The van der Waals surface area contributed by atoms with E-state index in [4.69, 9.17) is 14.2 Å². The fourth-order valence-electron chi connectivity index (χ4n) is 3.68. The van der Waals surface area contributed by atoms with Crippen LogP contribution in [0.2, 0.25) is 0 Å². The molecule has 1 aliphatic rings. The quantitative estimate of drug-likeness (QED) is 0.789. The molecule has 1 saturated heterocycles. The van der Waals surface area contributed by atoms with Crippen molar-refractivity contribution in [3.63, 3.8) is 0 Å². The number of hydrogen-bond donors (Lipinski definition) is 1. The van der Waals surface area contributed by atoms with E-state index in [2.05, 4.69) is 5.32 Å². The van der Waals surface area contributed by atoms with Crippen LogP contribution in [0.1, 0.15) is 39.1 Å². The molecule has 0 radical (unpaired) electrons. The summed E-state index contributed by atoms with van der Waals surface area (Å²) < 4.78 is 16.0. The van der Waals surface area contributed by atoms with E-state index in [1.165, 1.54) is 21.3 Å². The van der Waals surface area contributed by atoms with Crippen molar-refractivity contribution in [2.75, 3.05) is 34.4 Å². The molecule has 1 aliphatic heterocycles. The lowest BCUT2D eigenvalue weighted by molar-refractivity contribution is 0.0694. The lowest BCUT2D eigenvalue weighted by Crippen LogP contribution is -2.46. The second kappa shape index (κ2) is 9.52. The van der Waals surface area contributed by atoms with Gasteiger partial charge in [-0.3, -0.25) is 9.59 Å². The van der Waals surface area contributed by atoms with Crippen molar-refractivity contribution in [2.45, 2.75) is 25.8 Å². The van der Waals surface area contributed by atoms with Gasteiger partial charge in [0.05, 0.1) is 26.9 Å². The first-order chi connectivity index (χ1) is 14.5. The zero-order valence-electron chi connectivity index (χ0n) is 17.9. The first-order valence-corrected chi connectivity index (χ1v) is 9.94. The van der Waals surface area contributed by atoms with Crippen molar-refractivity contribution < 1.29 is 23.8 Å². The van der Waals surface area contributed by atoms with E-state index in [1.54, 1.807) is 17.0 Å². The Morgan fingerprint density at radius 1 is 0.900 bits per heavy atom. The molecule has 7 nitrogen and oxygen atoms in total. The van der Waals surface area contributed by atoms with E-state index in [-0.39, 0.29) is 17.9 Å². The summed E-state index contributed by atoms with van der Waals surface area (Å²) in [6, 6.07) is 10.9. The summed E-state index contributed by atoms with van der Waals surface area (Å²) in [5, 5.41) is 3.09. The molecule has 30 heavy (non-hydrogen) atoms. The van der Waals surface area contributed by atoms with E-state index >= 15 is 0 Å². The van der Waals surface area contributed by atoms with Crippen LogP contribution in [0.3, 0.4) is 0 Å². The number of hydrogen-bond acceptors (Lipinski definition) is 5. The molecular formula is C23H28N2O5. The smallest absolute Gasteiger partial charge is 0.257 e. The number of carbonyl (C=O) groups excluding carboxylic acids is 2. The van der Waals surface area contributed by atoms with Gasteiger partial charge in [0.2, 0.25) is 0 Å². The van der Waals surface area contributed by atoms with Gasteiger partial charge in [-0.1, -0.05) is 18.2 Å². The first-order valence-electron chi connectivity index (χ1n) is 9.94. The van der Waals surface area contributed by atoms with Crippen LogP contribution in [-0.2, 0) is 0 Å². The topological polar surface area (TPSA) is 77.1 Å². The van der Waals surface area contributed by atoms with Gasteiger partial charge < -0.3 is 24.4 Å². The van der Waals surface area contributed by atoms with Crippen LogP contribution in [0.5, 0.6) is 17.2 Å². The number of benzene rings is 2. The molecule has 7 heteroatoms. The molecule has 0 bridgehead atoms. The van der Waals surface area contributed by atoms with Gasteiger partial charge in [-0.05, 0) is 31.4 Å². The number of nitrogens with zero attached hydrogens (tertiary/aromatic N) is 1. The Bertz CT molecular complexity index is 920. The summed E-state index contributed by atoms with van der Waals surface area (Å²) in [6.45, 7) is 3.02. The minimum atomic E-state index is -0.128. The Kier molecular flexibility index (Phi) is 6.82. The van der Waals surface area contributed by atoms with Crippen LogP contribution in [0.15, 0.2) is 36.4 Å². The Hall–Kier alpha value is -3.22. The molecule has 1 heterocycles. The highest BCUT2D eigenvalue weighted by molar-refractivity contribution is 5.98. The second-order valence-corrected chi connectivity index (χ2v) is 7.26. The van der Waals surface area contributed by atoms with Gasteiger partial charge in [0.1, 0.15) is 5.75 Å². The number of aryl methyl sites for hydroxylation is 1. The summed E-state index contributed by atoms with van der Waals surface area (Å²) in [4.78, 5) is 27.4. The number of amides is 2. The monoisotopic (exact) mass is 412 g/mol. The highest BCUT2D eigenvalue weighted by Crippen LogP contribution is 2.35. The van der Waals surface area contributed by atoms with Crippen LogP contribution < -0.4 is 19.5 Å². The molecule has 3 rings (SSSR count). The van der Waals surface area contributed by atoms with E-state index in [9.17, 15) is 9.59 Å². The molecule has 1 fully saturated rings. The molecule has 0 aromatic heterocycles. The standard InChI is InChI=1S/C23H28N2O5/c1-15-7-5-6-8-17(15)22(26)24-16-9-11-25(12-10-16)23(27)18-13-20(29-3)21(30-4)14-19(18)28-2/h5-8,13-14,16H,9-12H2,1-4H3,(H,24,26). The highest BCUT2D eigenvalue weighted by Gasteiger charge is 2.28. The zero-order valence-corrected chi connectivity index (χ0v) is 17.9. The fraction of sp³-hybridized carbons (Fsp3) is 0.391. The lowest BCUT2D eigenvalue weighted by Gasteiger charge is -2.33. The van der Waals surface area contributed by atoms with Crippen LogP contribution in [-0.4, -0.2) is 57.2 Å². The van der Waals surface area contributed by atoms with Gasteiger partial charge in [-0.15, -0.1) is 0 Å². The van der Waals surface area contributed by atoms with Gasteiger partial charge in [0, 0.05) is 36.8 Å². The predicted molar refractivity (Wildman–Crippen MR) is 114 cm³/mol. The minimum absolute atomic E-state index is 0.0356. The molecule has 0 unspecified atom stereocenters. The fourth-order valence-corrected chi connectivity index (χ4v) is 3.68. The van der Waals surface area contributed by atoms with Crippen LogP contribution in [0, 0.1) is 6.92 Å². The molecule has 0 spiro atoms. The summed E-state index contributed by atoms with van der Waals surface area (Å²) in [5.74, 6) is 1.22. The van der Waals surface area contributed by atoms with Crippen LogP contribution >= 0.6 is 0 Å². The SMILES string of the molecule is COc1cc(OC)c(C(=O)N2CCC(NC(=O)c3ccccc3C)CC2)cc1OC. The van der Waals surface area contributed by atoms with Gasteiger partial charge in [0.15, 0.2) is 11.5 Å². The zero-order chi connectivity index (χ0) is 21.7. The number of likely N-dealkylation sites (tertiary alicyclic amines) is 1. The van der Waals surface area contributed by atoms with Gasteiger partial charge >= 0.3 is 0 Å². The van der Waals surface area contributed by atoms with Crippen LogP contribution in [0.25, 0.3) is 0 Å². The summed E-state index contributed by atoms with van der Waals surface area (Å²) >= 11 is 0. The highest BCUT2D eigenvalue weighted by atomic mass is 16.5. The summed E-state index contributed by atoms with van der Waals surface area (Å²) in [6.07, 6.45) is 1.39. The third-order valence-electron chi connectivity index (χ3n) is 5.44. The van der Waals surface area contributed by atoms with Crippen molar-refractivity contribution in [1.82, 2.24) is 10.2 Å². The molecule has 160 valence electrons. The third kappa shape index (κ3) is 4.50. The molecule has 2 aromatic rings. The summed E-state index contributed by atoms with van der Waals surface area (Å²) in [7, 11) is 4.58. The van der Waals surface area contributed by atoms with Crippen molar-refractivity contribution in [2.24, 2.45) is 0 Å². The van der Waals surface area contributed by atoms with E-state index < -0.39 is 0 Å². The molecule has 2 aromatic carbocycles. The van der Waals surface area contributed by atoms with E-state index in [1.807, 2.05) is 31.2 Å². The number of piperidine rings is 1. The molecule has 0 aliphatic carbocycles. The average Bonchev–Trinajstić information content (AvgIpc) is 2.78. The van der Waals surface area contributed by atoms with Gasteiger partial charge in [0.25, 0.3) is 11.8 Å². The minimum Gasteiger partial charge on any atom is -0.496 e. The molecule has 0 atom stereocenters. The molecule has 0 saturated carbocycles. The first kappa shape index (κ1) is 21.5. The Balaban J connectivity index is 1.66.